The van der Waals surface area contributed by atoms with Crippen molar-refractivity contribution in [3.8, 4) is 28.5 Å². The second kappa shape index (κ2) is 8.54. The number of aromatic nitrogens is 6. The van der Waals surface area contributed by atoms with Crippen LogP contribution in [0.1, 0.15) is 22.8 Å². The molecule has 0 aliphatic heterocycles. The molecule has 0 radical (unpaired) electrons. The Kier molecular flexibility index (Phi) is 5.27. The largest absolute Gasteiger partial charge is 0.545 e. The van der Waals surface area contributed by atoms with Gasteiger partial charge in [0, 0.05) is 11.4 Å². The molecule has 0 atom stereocenters. The third kappa shape index (κ3) is 3.80. The van der Waals surface area contributed by atoms with E-state index < -0.39 is 5.97 Å². The number of para-hydroxylation sites is 1. The predicted octanol–water partition coefficient (Wildman–Crippen LogP) is 2.32. The summed E-state index contributed by atoms with van der Waals surface area (Å²) in [7, 11) is 0. The van der Waals surface area contributed by atoms with E-state index in [2.05, 4.69) is 25.6 Å². The highest BCUT2D eigenvalue weighted by atomic mass is 16.5. The number of ether oxygens (including phenoxy) is 1. The molecule has 0 amide bonds. The van der Waals surface area contributed by atoms with E-state index in [0.29, 0.717) is 36.0 Å². The van der Waals surface area contributed by atoms with Crippen molar-refractivity contribution in [1.29, 1.82) is 0 Å². The zero-order chi connectivity index (χ0) is 22.8. The molecule has 0 N–H and O–H groups in total. The minimum Gasteiger partial charge on any atom is -0.545 e. The molecular weight excluding hydrogens is 420 g/mol. The van der Waals surface area contributed by atoms with Gasteiger partial charge in [0.05, 0.1) is 30.2 Å². The molecule has 0 aliphatic rings. The monoisotopic (exact) mass is 438 g/mol. The predicted molar refractivity (Wildman–Crippen MR) is 118 cm³/mol. The average Bonchev–Trinajstić information content (AvgIpc) is 3.49. The standard InChI is InChI=1S/C24H20N6O3/c1-2-33-24-25-20-9-5-8-19(23(31)32)21(20)30(24)14-15-10-12-16(13-11-15)17-6-3-4-7-18(17)22-26-28-29-27-22/h3-13H,2,14H2,1H3,(H2,26,27,28,29,31,32)/p-2. The van der Waals surface area contributed by atoms with Crippen molar-refractivity contribution in [3.63, 3.8) is 0 Å². The first kappa shape index (κ1) is 20.4. The first-order chi connectivity index (χ1) is 16.2. The molecule has 0 saturated heterocycles. The number of fused-ring (bicyclic) bond motifs is 1. The van der Waals surface area contributed by atoms with Gasteiger partial charge in [0.25, 0.3) is 6.01 Å². The van der Waals surface area contributed by atoms with Crippen molar-refractivity contribution in [2.24, 2.45) is 0 Å². The molecule has 0 unspecified atom stereocenters. The third-order valence-electron chi connectivity index (χ3n) is 5.32. The lowest BCUT2D eigenvalue weighted by atomic mass is 9.98. The van der Waals surface area contributed by atoms with E-state index in [-0.39, 0.29) is 5.56 Å². The number of hydrogen-bond donors (Lipinski definition) is 0. The van der Waals surface area contributed by atoms with Crippen LogP contribution in [0.4, 0.5) is 0 Å². The average molecular weight is 438 g/mol. The van der Waals surface area contributed by atoms with E-state index in [1.807, 2.05) is 55.5 Å². The number of carboxylic acids is 1. The van der Waals surface area contributed by atoms with Gasteiger partial charge in [-0.1, -0.05) is 60.7 Å². The van der Waals surface area contributed by atoms with E-state index in [1.54, 1.807) is 16.7 Å². The normalized spacial score (nSPS) is 11.1. The Balaban J connectivity index is 1.53. The van der Waals surface area contributed by atoms with Gasteiger partial charge < -0.3 is 19.7 Å². The molecule has 9 heteroatoms. The second-order valence-electron chi connectivity index (χ2n) is 7.32. The lowest BCUT2D eigenvalue weighted by Crippen LogP contribution is -2.23. The van der Waals surface area contributed by atoms with Crippen molar-refractivity contribution in [2.45, 2.75) is 13.5 Å². The summed E-state index contributed by atoms with van der Waals surface area (Å²) in [6.45, 7) is 2.65. The fourth-order valence-electron chi connectivity index (χ4n) is 3.87. The number of imidazole rings is 1. The second-order valence-corrected chi connectivity index (χ2v) is 7.32. The summed E-state index contributed by atoms with van der Waals surface area (Å²) >= 11 is 0. The highest BCUT2D eigenvalue weighted by Gasteiger charge is 2.16. The smallest absolute Gasteiger partial charge is 0.297 e. The van der Waals surface area contributed by atoms with Crippen LogP contribution in [0, 0.1) is 0 Å². The van der Waals surface area contributed by atoms with E-state index >= 15 is 0 Å². The topological polar surface area (TPSA) is 120 Å². The zero-order valence-corrected chi connectivity index (χ0v) is 17.7. The quantitative estimate of drug-likeness (QED) is 0.380. The Hall–Kier alpha value is -4.53. The van der Waals surface area contributed by atoms with Gasteiger partial charge in [-0.15, -0.1) is 0 Å². The number of aromatic carboxylic acids is 1. The summed E-state index contributed by atoms with van der Waals surface area (Å²) in [5.41, 5.74) is 4.83. The van der Waals surface area contributed by atoms with Gasteiger partial charge in [0.1, 0.15) is 0 Å². The van der Waals surface area contributed by atoms with Crippen molar-refractivity contribution < 1.29 is 14.6 Å². The van der Waals surface area contributed by atoms with Crippen molar-refractivity contribution >= 4 is 17.0 Å². The molecule has 5 rings (SSSR count). The minimum atomic E-state index is -1.25. The molecule has 0 aliphatic carbocycles. The van der Waals surface area contributed by atoms with Crippen LogP contribution in [-0.4, -0.2) is 37.7 Å². The Morgan fingerprint density at radius 3 is 2.52 bits per heavy atom. The summed E-state index contributed by atoms with van der Waals surface area (Å²) in [5.74, 6) is -0.786. The number of carbonyl (C=O) groups is 1. The number of benzene rings is 3. The van der Waals surface area contributed by atoms with Crippen LogP contribution in [0.3, 0.4) is 0 Å². The van der Waals surface area contributed by atoms with E-state index in [1.165, 1.54) is 6.07 Å². The summed E-state index contributed by atoms with van der Waals surface area (Å²) in [6, 6.07) is 21.0. The van der Waals surface area contributed by atoms with Crippen molar-refractivity contribution in [3.05, 3.63) is 77.9 Å². The fraction of sp³-hybridized carbons (Fsp3) is 0.125. The molecule has 164 valence electrons. The highest BCUT2D eigenvalue weighted by Crippen LogP contribution is 2.30. The van der Waals surface area contributed by atoms with Gasteiger partial charge in [0.2, 0.25) is 0 Å². The van der Waals surface area contributed by atoms with E-state index in [9.17, 15) is 9.90 Å². The SMILES string of the molecule is CCOc1nc2cccc(C(=O)[O-])c2n1Cc1ccc(-c2ccccc2-c2nnn[n-]2)cc1. The molecule has 2 heterocycles. The molecule has 2 aromatic heterocycles. The number of hydrogen-bond acceptors (Lipinski definition) is 7. The lowest BCUT2D eigenvalue weighted by Gasteiger charge is -2.13. The number of carbonyl (C=O) groups excluding carboxylic acids is 1. The molecule has 33 heavy (non-hydrogen) atoms. The number of nitrogens with zero attached hydrogens (tertiary/aromatic N) is 6. The zero-order valence-electron chi connectivity index (χ0n) is 17.7. The Bertz CT molecular complexity index is 1420. The summed E-state index contributed by atoms with van der Waals surface area (Å²) in [5, 5.41) is 26.8. The van der Waals surface area contributed by atoms with Gasteiger partial charge >= 0.3 is 0 Å². The van der Waals surface area contributed by atoms with Crippen LogP contribution in [0.15, 0.2) is 66.7 Å². The fourth-order valence-corrected chi connectivity index (χ4v) is 3.87. The maximum absolute atomic E-state index is 11.7. The minimum absolute atomic E-state index is 0.0772. The Morgan fingerprint density at radius 1 is 1.03 bits per heavy atom. The number of rotatable bonds is 7. The lowest BCUT2D eigenvalue weighted by molar-refractivity contribution is -0.254. The summed E-state index contributed by atoms with van der Waals surface area (Å²) < 4.78 is 7.46. The summed E-state index contributed by atoms with van der Waals surface area (Å²) in [6.07, 6.45) is 0. The molecule has 9 nitrogen and oxygen atoms in total. The molecular formula is C24H18N6O3-2. The molecule has 3 aromatic carbocycles. The van der Waals surface area contributed by atoms with Crippen LogP contribution < -0.4 is 14.9 Å². The Morgan fingerprint density at radius 2 is 1.82 bits per heavy atom. The molecule has 0 spiro atoms. The van der Waals surface area contributed by atoms with Crippen LogP contribution in [0.5, 0.6) is 6.01 Å². The van der Waals surface area contributed by atoms with Crippen LogP contribution in [0.25, 0.3) is 33.5 Å². The first-order valence-electron chi connectivity index (χ1n) is 10.4. The van der Waals surface area contributed by atoms with E-state index in [4.69, 9.17) is 4.74 Å². The van der Waals surface area contributed by atoms with Crippen molar-refractivity contribution in [2.75, 3.05) is 6.61 Å². The number of carboxylic acid groups (broad SMARTS) is 1. The maximum Gasteiger partial charge on any atom is 0.297 e. The van der Waals surface area contributed by atoms with Crippen LogP contribution in [0.2, 0.25) is 0 Å². The van der Waals surface area contributed by atoms with Crippen LogP contribution in [-0.2, 0) is 6.54 Å². The van der Waals surface area contributed by atoms with E-state index in [0.717, 1.165) is 22.3 Å². The van der Waals surface area contributed by atoms with Gasteiger partial charge in [-0.05, 0) is 35.2 Å². The highest BCUT2D eigenvalue weighted by molar-refractivity contribution is 6.00. The molecule has 0 saturated carbocycles. The van der Waals surface area contributed by atoms with Gasteiger partial charge in [-0.2, -0.15) is 10.2 Å². The van der Waals surface area contributed by atoms with Crippen molar-refractivity contribution in [1.82, 2.24) is 30.2 Å². The van der Waals surface area contributed by atoms with Gasteiger partial charge in [-0.25, -0.2) is 0 Å². The molecule has 0 fully saturated rings. The molecule has 5 aromatic rings. The van der Waals surface area contributed by atoms with Gasteiger partial charge in [0.15, 0.2) is 0 Å². The van der Waals surface area contributed by atoms with Gasteiger partial charge in [-0.3, -0.25) is 14.9 Å². The number of tetrazole rings is 1. The maximum atomic E-state index is 11.7. The third-order valence-corrected chi connectivity index (χ3v) is 5.32. The Labute approximate surface area is 188 Å². The van der Waals surface area contributed by atoms with Crippen LogP contribution >= 0.6 is 0 Å². The first-order valence-corrected chi connectivity index (χ1v) is 10.4. The summed E-state index contributed by atoms with van der Waals surface area (Å²) in [4.78, 5) is 16.2. The molecule has 0 bridgehead atoms.